The van der Waals surface area contributed by atoms with Gasteiger partial charge in [-0.3, -0.25) is 9.59 Å². The minimum Gasteiger partial charge on any atom is -0.324 e. The number of aromatic nitrogens is 4. The molecule has 28 heavy (non-hydrogen) atoms. The molecular formula is C21H19N5O2. The minimum atomic E-state index is -0.280. The fourth-order valence-electron chi connectivity index (χ4n) is 3.05. The maximum absolute atomic E-state index is 12.6. The third-order valence-electron chi connectivity index (χ3n) is 4.55. The molecule has 0 atom stereocenters. The summed E-state index contributed by atoms with van der Waals surface area (Å²) in [6.45, 7) is 3.74. The van der Waals surface area contributed by atoms with Crippen LogP contribution < -0.4 is 10.9 Å². The smallest absolute Gasteiger partial charge is 0.275 e. The van der Waals surface area contributed by atoms with E-state index < -0.39 is 0 Å². The Labute approximate surface area is 161 Å². The Balaban J connectivity index is 1.72. The first-order valence-electron chi connectivity index (χ1n) is 8.91. The van der Waals surface area contributed by atoms with Gasteiger partial charge in [0.2, 0.25) is 11.7 Å². The lowest BCUT2D eigenvalue weighted by molar-refractivity contribution is -0.116. The highest BCUT2D eigenvalue weighted by Gasteiger charge is 2.15. The molecule has 0 unspecified atom stereocenters. The molecule has 0 bridgehead atoms. The van der Waals surface area contributed by atoms with Crippen molar-refractivity contribution in [3.63, 3.8) is 0 Å². The largest absolute Gasteiger partial charge is 0.324 e. The maximum Gasteiger partial charge on any atom is 0.275 e. The number of nitrogens with zero attached hydrogens (tertiary/aromatic N) is 4. The summed E-state index contributed by atoms with van der Waals surface area (Å²) in [6.07, 6.45) is 0. The molecule has 2 aromatic heterocycles. The van der Waals surface area contributed by atoms with E-state index in [-0.39, 0.29) is 18.0 Å². The van der Waals surface area contributed by atoms with E-state index in [4.69, 9.17) is 0 Å². The molecule has 1 amide bonds. The zero-order valence-electron chi connectivity index (χ0n) is 15.6. The van der Waals surface area contributed by atoms with Crippen LogP contribution in [0, 0.1) is 13.8 Å². The van der Waals surface area contributed by atoms with E-state index in [1.807, 2.05) is 61.5 Å². The maximum atomic E-state index is 12.6. The molecule has 4 rings (SSSR count). The Morgan fingerprint density at radius 2 is 1.75 bits per heavy atom. The molecule has 0 saturated heterocycles. The number of aryl methyl sites for hydroxylation is 2. The summed E-state index contributed by atoms with van der Waals surface area (Å²) in [7, 11) is 0. The van der Waals surface area contributed by atoms with Gasteiger partial charge in [0, 0.05) is 23.0 Å². The third kappa shape index (κ3) is 3.29. The number of hydrogen-bond acceptors (Lipinski definition) is 4. The summed E-state index contributed by atoms with van der Waals surface area (Å²) in [5.74, 6) is 0.576. The van der Waals surface area contributed by atoms with Gasteiger partial charge >= 0.3 is 0 Å². The monoisotopic (exact) mass is 373 g/mol. The number of para-hydroxylation sites is 1. The quantitative estimate of drug-likeness (QED) is 0.596. The van der Waals surface area contributed by atoms with Gasteiger partial charge in [-0.25, -0.2) is 0 Å². The predicted molar refractivity (Wildman–Crippen MR) is 107 cm³/mol. The molecule has 2 aromatic carbocycles. The zero-order chi connectivity index (χ0) is 19.7. The van der Waals surface area contributed by atoms with Crippen LogP contribution in [-0.4, -0.2) is 25.1 Å². The van der Waals surface area contributed by atoms with Crippen LogP contribution in [0.1, 0.15) is 11.3 Å². The Morgan fingerprint density at radius 3 is 2.50 bits per heavy atom. The fraction of sp³-hybridized carbons (Fsp3) is 0.143. The molecule has 0 aliphatic heterocycles. The Hall–Kier alpha value is -3.74. The van der Waals surface area contributed by atoms with Crippen molar-refractivity contribution in [2.24, 2.45) is 0 Å². The molecule has 0 fully saturated rings. The molecule has 0 saturated carbocycles. The number of fused-ring (bicyclic) bond motifs is 1. The molecule has 7 nitrogen and oxygen atoms in total. The highest BCUT2D eigenvalue weighted by atomic mass is 16.2. The molecule has 0 aliphatic rings. The van der Waals surface area contributed by atoms with Crippen molar-refractivity contribution in [3.8, 4) is 11.4 Å². The molecule has 4 aromatic rings. The standard InChI is InChI=1S/C21H19N5O2/c1-14-8-6-7-11-17(14)22-18(27)13-25-15(2)12-19(28)26-21(25)23-20(24-26)16-9-4-3-5-10-16/h3-12H,13H2,1-2H3,(H,22,27). The summed E-state index contributed by atoms with van der Waals surface area (Å²) < 4.78 is 2.92. The number of rotatable bonds is 4. The van der Waals surface area contributed by atoms with Gasteiger partial charge in [0.05, 0.1) is 0 Å². The van der Waals surface area contributed by atoms with Gasteiger partial charge < -0.3 is 9.88 Å². The second-order valence-electron chi connectivity index (χ2n) is 6.59. The van der Waals surface area contributed by atoms with Crippen LogP contribution >= 0.6 is 0 Å². The van der Waals surface area contributed by atoms with Crippen molar-refractivity contribution in [1.82, 2.24) is 19.2 Å². The van der Waals surface area contributed by atoms with Gasteiger partial charge in [-0.2, -0.15) is 9.50 Å². The van der Waals surface area contributed by atoms with Gasteiger partial charge in [0.15, 0.2) is 5.82 Å². The van der Waals surface area contributed by atoms with Gasteiger partial charge in [-0.15, -0.1) is 5.10 Å². The van der Waals surface area contributed by atoms with Crippen molar-refractivity contribution in [2.75, 3.05) is 5.32 Å². The van der Waals surface area contributed by atoms with E-state index in [9.17, 15) is 9.59 Å². The first-order valence-corrected chi connectivity index (χ1v) is 8.91. The SMILES string of the molecule is Cc1ccccc1NC(=O)Cn1c(C)cc(=O)n2nc(-c3ccccc3)nc12. The van der Waals surface area contributed by atoms with Crippen LogP contribution in [0.5, 0.6) is 0 Å². The fourth-order valence-corrected chi connectivity index (χ4v) is 3.05. The highest BCUT2D eigenvalue weighted by Crippen LogP contribution is 2.16. The van der Waals surface area contributed by atoms with E-state index in [0.29, 0.717) is 17.3 Å². The molecule has 0 spiro atoms. The van der Waals surface area contributed by atoms with E-state index >= 15 is 0 Å². The zero-order valence-corrected chi connectivity index (χ0v) is 15.6. The second-order valence-corrected chi connectivity index (χ2v) is 6.59. The van der Waals surface area contributed by atoms with Crippen LogP contribution in [-0.2, 0) is 11.3 Å². The van der Waals surface area contributed by atoms with Gasteiger partial charge in [-0.05, 0) is 25.5 Å². The number of benzene rings is 2. The third-order valence-corrected chi connectivity index (χ3v) is 4.55. The van der Waals surface area contributed by atoms with Crippen molar-refractivity contribution < 1.29 is 4.79 Å². The number of carbonyl (C=O) groups excluding carboxylic acids is 1. The molecule has 1 N–H and O–H groups in total. The Morgan fingerprint density at radius 1 is 1.04 bits per heavy atom. The van der Waals surface area contributed by atoms with Crippen LogP contribution in [0.3, 0.4) is 0 Å². The lowest BCUT2D eigenvalue weighted by Crippen LogP contribution is -2.25. The second kappa shape index (κ2) is 7.11. The Kier molecular flexibility index (Phi) is 4.49. The predicted octanol–water partition coefficient (Wildman–Crippen LogP) is 2.81. The number of amides is 1. The summed E-state index contributed by atoms with van der Waals surface area (Å²) in [6, 6.07) is 18.5. The summed E-state index contributed by atoms with van der Waals surface area (Å²) in [5, 5.41) is 7.24. The van der Waals surface area contributed by atoms with Crippen molar-refractivity contribution in [2.45, 2.75) is 20.4 Å². The number of carbonyl (C=O) groups is 1. The molecule has 0 aliphatic carbocycles. The molecule has 0 radical (unpaired) electrons. The summed E-state index contributed by atoms with van der Waals surface area (Å²) in [5.41, 5.74) is 2.90. The van der Waals surface area contributed by atoms with E-state index in [2.05, 4.69) is 15.4 Å². The molecule has 140 valence electrons. The molecule has 7 heteroatoms. The topological polar surface area (TPSA) is 81.3 Å². The average Bonchev–Trinajstić information content (AvgIpc) is 3.14. The van der Waals surface area contributed by atoms with Crippen LogP contribution in [0.4, 0.5) is 5.69 Å². The van der Waals surface area contributed by atoms with Gasteiger partial charge in [0.1, 0.15) is 6.54 Å². The van der Waals surface area contributed by atoms with Crippen molar-refractivity contribution in [3.05, 3.63) is 82.3 Å². The van der Waals surface area contributed by atoms with Crippen molar-refractivity contribution >= 4 is 17.4 Å². The van der Waals surface area contributed by atoms with E-state index in [0.717, 1.165) is 16.8 Å². The molecular weight excluding hydrogens is 354 g/mol. The van der Waals surface area contributed by atoms with E-state index in [1.165, 1.54) is 10.6 Å². The van der Waals surface area contributed by atoms with E-state index in [1.54, 1.807) is 11.5 Å². The van der Waals surface area contributed by atoms with Crippen LogP contribution in [0.2, 0.25) is 0 Å². The number of hydrogen-bond donors (Lipinski definition) is 1. The lowest BCUT2D eigenvalue weighted by Gasteiger charge is -2.12. The minimum absolute atomic E-state index is 0.0247. The van der Waals surface area contributed by atoms with Gasteiger partial charge in [0.25, 0.3) is 5.56 Å². The van der Waals surface area contributed by atoms with Crippen LogP contribution in [0.15, 0.2) is 65.5 Å². The molecule has 2 heterocycles. The summed E-state index contributed by atoms with van der Waals surface area (Å²) >= 11 is 0. The van der Waals surface area contributed by atoms with Crippen molar-refractivity contribution in [1.29, 1.82) is 0 Å². The van der Waals surface area contributed by atoms with Crippen LogP contribution in [0.25, 0.3) is 17.2 Å². The lowest BCUT2D eigenvalue weighted by atomic mass is 10.2. The first-order chi connectivity index (χ1) is 13.5. The first kappa shape index (κ1) is 17.7. The highest BCUT2D eigenvalue weighted by molar-refractivity contribution is 5.91. The average molecular weight is 373 g/mol. The number of anilines is 1. The normalized spacial score (nSPS) is 10.9. The summed E-state index contributed by atoms with van der Waals surface area (Å²) in [4.78, 5) is 29.5. The number of nitrogens with one attached hydrogen (secondary N) is 1. The van der Waals surface area contributed by atoms with Gasteiger partial charge in [-0.1, -0.05) is 48.5 Å². The Bertz CT molecular complexity index is 1220.